The number of ketones is 2. The van der Waals surface area contributed by atoms with Crippen LogP contribution in [0, 0.1) is 11.8 Å². The third-order valence-electron chi connectivity index (χ3n) is 8.30. The van der Waals surface area contributed by atoms with Crippen LogP contribution in [0.15, 0.2) is 59.0 Å². The van der Waals surface area contributed by atoms with Crippen molar-refractivity contribution in [3.05, 3.63) is 59.0 Å². The molecule has 234 valence electrons. The average Bonchev–Trinajstić information content (AvgIpc) is 2.93. The van der Waals surface area contributed by atoms with E-state index in [1.165, 1.54) is 51.5 Å². The molecule has 0 saturated carbocycles. The molecule has 4 bridgehead atoms. The van der Waals surface area contributed by atoms with Gasteiger partial charge in [0.1, 0.15) is 6.10 Å². The van der Waals surface area contributed by atoms with Gasteiger partial charge in [0.2, 0.25) is 17.4 Å². The predicted molar refractivity (Wildman–Crippen MR) is 155 cm³/mol. The number of carbonyl (C=O) groups excluding carboxylic acids is 4. The van der Waals surface area contributed by atoms with Crippen molar-refractivity contribution >= 4 is 23.6 Å². The molecule has 43 heavy (non-hydrogen) atoms. The maximum absolute atomic E-state index is 13.7. The molecule has 2 unspecified atom stereocenters. The van der Waals surface area contributed by atoms with Gasteiger partial charge in [0, 0.05) is 50.4 Å². The zero-order valence-electron chi connectivity index (χ0n) is 25.2. The third kappa shape index (κ3) is 6.98. The number of nitrogens with zero attached hydrogens (tertiary/aromatic N) is 1. The number of ether oxygens (including phenoxy) is 4. The van der Waals surface area contributed by atoms with E-state index < -0.39 is 48.0 Å². The summed E-state index contributed by atoms with van der Waals surface area (Å²) in [5.41, 5.74) is 6.23. The summed E-state index contributed by atoms with van der Waals surface area (Å²) in [4.78, 5) is 53.8. The average molecular weight is 600 g/mol. The van der Waals surface area contributed by atoms with Gasteiger partial charge in [0.15, 0.2) is 6.10 Å². The van der Waals surface area contributed by atoms with Gasteiger partial charge in [0.05, 0.1) is 23.6 Å². The Morgan fingerprint density at radius 3 is 2.49 bits per heavy atom. The molecule has 0 aromatic heterocycles. The molecule has 0 radical (unpaired) electrons. The molecule has 4 N–H and O–H groups in total. The van der Waals surface area contributed by atoms with Crippen LogP contribution in [0.25, 0.3) is 0 Å². The molecule has 3 heterocycles. The monoisotopic (exact) mass is 599 g/mol. The molecular weight excluding hydrogens is 558 g/mol. The van der Waals surface area contributed by atoms with Gasteiger partial charge in [0.25, 0.3) is 5.91 Å². The third-order valence-corrected chi connectivity index (χ3v) is 8.30. The first kappa shape index (κ1) is 32.3. The second kappa shape index (κ2) is 13.4. The Hall–Kier alpha value is -3.58. The van der Waals surface area contributed by atoms with Crippen molar-refractivity contribution in [3.63, 3.8) is 0 Å². The molecule has 1 saturated heterocycles. The van der Waals surface area contributed by atoms with E-state index in [2.05, 4.69) is 5.32 Å². The van der Waals surface area contributed by atoms with Gasteiger partial charge >= 0.3 is 6.09 Å². The minimum atomic E-state index is -2.14. The molecule has 0 aromatic rings. The van der Waals surface area contributed by atoms with E-state index in [0.29, 0.717) is 30.8 Å². The van der Waals surface area contributed by atoms with Crippen LogP contribution in [0.5, 0.6) is 0 Å². The Balaban J connectivity index is 1.79. The normalized spacial score (nSPS) is 36.0. The van der Waals surface area contributed by atoms with Gasteiger partial charge in [-0.15, -0.1) is 0 Å². The smallest absolute Gasteiger partial charge is 0.405 e. The van der Waals surface area contributed by atoms with Gasteiger partial charge in [-0.2, -0.15) is 0 Å². The van der Waals surface area contributed by atoms with Crippen molar-refractivity contribution in [1.29, 1.82) is 0 Å². The summed E-state index contributed by atoms with van der Waals surface area (Å²) in [6.45, 7) is 6.72. The first-order valence-corrected chi connectivity index (χ1v) is 14.4. The molecule has 0 aromatic carbocycles. The molecule has 2 amide bonds. The number of fused-ring (bicyclic) bond motifs is 4. The largest absolute Gasteiger partial charge is 0.437 e. The number of hydrogen-bond donors (Lipinski definition) is 3. The molecule has 1 fully saturated rings. The standard InChI is InChI=1S/C31H41N3O9/c1-17-14-20-25(34-12-7-13-34)22(35)16-21(26(20)36)33-29(37)19(3)8-6-9-23(40-4)28(42-30(32)38)31(39)11-10-18(2)27(43-31)24(15-17)41-5/h6,8-11,16-18,23-24,27-28,39H,7,12-15H2,1-5H3,(H2,32,38)(H,33,37)/b9-6-,19-8+/t17-,18?,23+,24+,27+,28-,31?/m1/s1. The molecule has 0 spiro atoms. The Bertz CT molecular complexity index is 1290. The molecule has 4 rings (SSSR count). The number of rotatable bonds is 4. The second-order valence-electron chi connectivity index (χ2n) is 11.5. The number of likely N-dealkylation sites (tertiary alicyclic amines) is 1. The van der Waals surface area contributed by atoms with E-state index in [0.717, 1.165) is 6.42 Å². The highest BCUT2D eigenvalue weighted by Gasteiger charge is 2.49. The van der Waals surface area contributed by atoms with Crippen molar-refractivity contribution in [2.45, 2.75) is 70.2 Å². The van der Waals surface area contributed by atoms with Gasteiger partial charge in [-0.25, -0.2) is 4.79 Å². The second-order valence-corrected chi connectivity index (χ2v) is 11.5. The number of amides is 2. The zero-order chi connectivity index (χ0) is 31.5. The van der Waals surface area contributed by atoms with Crippen LogP contribution < -0.4 is 11.1 Å². The molecule has 1 aliphatic carbocycles. The minimum absolute atomic E-state index is 0.0771. The highest BCUT2D eigenvalue weighted by atomic mass is 16.7. The highest BCUT2D eigenvalue weighted by molar-refractivity contribution is 6.23. The Kier molecular flexibility index (Phi) is 10.1. The lowest BCUT2D eigenvalue weighted by Gasteiger charge is -2.44. The minimum Gasteiger partial charge on any atom is -0.437 e. The molecule has 12 heteroatoms. The number of hydrogen-bond acceptors (Lipinski definition) is 10. The zero-order valence-corrected chi connectivity index (χ0v) is 25.2. The van der Waals surface area contributed by atoms with Crippen LogP contribution in [0.3, 0.4) is 0 Å². The van der Waals surface area contributed by atoms with E-state index in [4.69, 9.17) is 24.7 Å². The van der Waals surface area contributed by atoms with Crippen molar-refractivity contribution in [2.75, 3.05) is 27.3 Å². The highest BCUT2D eigenvalue weighted by Crippen LogP contribution is 2.36. The summed E-state index contributed by atoms with van der Waals surface area (Å²) in [6, 6.07) is 0. The lowest BCUT2D eigenvalue weighted by atomic mass is 9.83. The molecule has 12 nitrogen and oxygen atoms in total. The number of aliphatic hydroxyl groups is 1. The number of nitrogens with two attached hydrogens (primary N) is 1. The SMILES string of the molecule is CO[C@H]1/C=C\C=C(/C)C(=O)NC2=CC(=O)C(N3CCC3)=C(C[C@@H](C)C[C@H](OC)[C@H]3OC(O)(C=CC3C)[C@@H]1OC(N)=O)C2=O. The van der Waals surface area contributed by atoms with Crippen LogP contribution in [-0.2, 0) is 33.3 Å². The van der Waals surface area contributed by atoms with Gasteiger partial charge < -0.3 is 40.0 Å². The van der Waals surface area contributed by atoms with Crippen molar-refractivity contribution in [3.8, 4) is 0 Å². The molecule has 4 aliphatic rings. The molecule has 3 aliphatic heterocycles. The van der Waals surface area contributed by atoms with Crippen molar-refractivity contribution in [2.24, 2.45) is 17.6 Å². The fourth-order valence-electron chi connectivity index (χ4n) is 5.81. The summed E-state index contributed by atoms with van der Waals surface area (Å²) < 4.78 is 23.0. The van der Waals surface area contributed by atoms with Crippen molar-refractivity contribution < 1.29 is 43.2 Å². The number of methoxy groups -OCH3 is 2. The van der Waals surface area contributed by atoms with E-state index >= 15 is 0 Å². The summed E-state index contributed by atoms with van der Waals surface area (Å²) in [5, 5.41) is 14.3. The van der Waals surface area contributed by atoms with Gasteiger partial charge in [-0.3, -0.25) is 14.4 Å². The van der Waals surface area contributed by atoms with Crippen LogP contribution in [0.4, 0.5) is 4.79 Å². The maximum atomic E-state index is 13.7. The van der Waals surface area contributed by atoms with Crippen molar-refractivity contribution in [1.82, 2.24) is 10.2 Å². The summed E-state index contributed by atoms with van der Waals surface area (Å²) >= 11 is 0. The Labute approximate surface area is 251 Å². The van der Waals surface area contributed by atoms with E-state index in [1.807, 2.05) is 18.7 Å². The predicted octanol–water partition coefficient (Wildman–Crippen LogP) is 1.80. The number of carbonyl (C=O) groups is 4. The van der Waals surface area contributed by atoms with Gasteiger partial charge in [-0.05, 0) is 38.2 Å². The first-order chi connectivity index (χ1) is 20.4. The van der Waals surface area contributed by atoms with E-state index in [1.54, 1.807) is 6.08 Å². The summed E-state index contributed by atoms with van der Waals surface area (Å²) in [6.07, 6.45) is 5.47. The Morgan fingerprint density at radius 1 is 1.16 bits per heavy atom. The van der Waals surface area contributed by atoms with Crippen LogP contribution >= 0.6 is 0 Å². The van der Waals surface area contributed by atoms with E-state index in [9.17, 15) is 24.3 Å². The molecular formula is C31H41N3O9. The summed E-state index contributed by atoms with van der Waals surface area (Å²) in [7, 11) is 2.88. The quantitative estimate of drug-likeness (QED) is 0.320. The maximum Gasteiger partial charge on any atom is 0.405 e. The fourth-order valence-corrected chi connectivity index (χ4v) is 5.81. The number of primary amides is 1. The van der Waals surface area contributed by atoms with Crippen LogP contribution in [0.1, 0.15) is 40.0 Å². The number of Topliss-reactive ketones (excluding diaryl/α,β-unsaturated/α-hetero) is 1. The Morgan fingerprint density at radius 2 is 1.88 bits per heavy atom. The summed E-state index contributed by atoms with van der Waals surface area (Å²) in [5.74, 6) is -3.82. The lowest BCUT2D eigenvalue weighted by Crippen LogP contribution is -2.58. The fraction of sp³-hybridized carbons (Fsp3) is 0.548. The topological polar surface area (TPSA) is 167 Å². The van der Waals surface area contributed by atoms with Gasteiger partial charge in [-0.1, -0.05) is 38.2 Å². The van der Waals surface area contributed by atoms with E-state index in [-0.39, 0.29) is 35.3 Å². The number of nitrogens with one attached hydrogen (secondary N) is 1. The molecule has 7 atom stereocenters. The van der Waals surface area contributed by atoms with Crippen LogP contribution in [-0.4, -0.2) is 91.1 Å². The lowest BCUT2D eigenvalue weighted by molar-refractivity contribution is -0.285. The number of allylic oxidation sites excluding steroid dienone is 4. The first-order valence-electron chi connectivity index (χ1n) is 14.4. The van der Waals surface area contributed by atoms with Crippen LogP contribution in [0.2, 0.25) is 0 Å².